The number of hydrogen-bond acceptors (Lipinski definition) is 4. The zero-order valence-electron chi connectivity index (χ0n) is 22.4. The van der Waals surface area contributed by atoms with Crippen molar-refractivity contribution >= 4 is 39.1 Å². The first kappa shape index (κ1) is 29.2. The van der Waals surface area contributed by atoms with E-state index in [1.54, 1.807) is 51.1 Å². The Hall–Kier alpha value is -3.36. The van der Waals surface area contributed by atoms with Gasteiger partial charge in [0.25, 0.3) is 10.0 Å². The van der Waals surface area contributed by atoms with Crippen molar-refractivity contribution < 1.29 is 18.0 Å². The van der Waals surface area contributed by atoms with Crippen LogP contribution in [-0.2, 0) is 26.2 Å². The lowest BCUT2D eigenvalue weighted by Gasteiger charge is -2.32. The van der Waals surface area contributed by atoms with Gasteiger partial charge in [0.2, 0.25) is 11.8 Å². The molecule has 0 radical (unpaired) electrons. The smallest absolute Gasteiger partial charge is 0.264 e. The maximum atomic E-state index is 13.9. The monoisotopic (exact) mass is 555 g/mol. The molecule has 7 nitrogen and oxygen atoms in total. The van der Waals surface area contributed by atoms with Crippen LogP contribution in [-0.4, -0.2) is 44.3 Å². The predicted octanol–water partition coefficient (Wildman–Crippen LogP) is 5.01. The molecule has 3 aromatic rings. The molecule has 0 spiro atoms. The number of hydrogen-bond donors (Lipinski definition) is 1. The second-order valence-corrected chi connectivity index (χ2v) is 11.6. The van der Waals surface area contributed by atoms with Crippen molar-refractivity contribution in [2.75, 3.05) is 17.4 Å². The summed E-state index contributed by atoms with van der Waals surface area (Å²) < 4.78 is 28.9. The molecule has 1 N–H and O–H groups in total. The van der Waals surface area contributed by atoms with Crippen LogP contribution in [0.2, 0.25) is 5.02 Å². The van der Waals surface area contributed by atoms with Crippen molar-refractivity contribution in [2.45, 2.75) is 52.1 Å². The molecule has 0 bridgehead atoms. The lowest BCUT2D eigenvalue weighted by Crippen LogP contribution is -2.51. The first-order valence-electron chi connectivity index (χ1n) is 12.4. The molecule has 1 atom stereocenters. The van der Waals surface area contributed by atoms with Crippen LogP contribution in [0.25, 0.3) is 0 Å². The van der Waals surface area contributed by atoms with Crippen LogP contribution in [0.1, 0.15) is 36.1 Å². The van der Waals surface area contributed by atoms with Crippen LogP contribution in [0.15, 0.2) is 71.6 Å². The van der Waals surface area contributed by atoms with Crippen LogP contribution in [0.5, 0.6) is 0 Å². The van der Waals surface area contributed by atoms with Crippen molar-refractivity contribution in [1.82, 2.24) is 10.2 Å². The van der Waals surface area contributed by atoms with Crippen LogP contribution >= 0.6 is 11.6 Å². The Kier molecular flexibility index (Phi) is 9.57. The summed E-state index contributed by atoms with van der Waals surface area (Å²) in [7, 11) is -4.15. The number of sulfonamides is 1. The molecule has 0 heterocycles. The average Bonchev–Trinajstić information content (AvgIpc) is 2.87. The highest BCUT2D eigenvalue weighted by molar-refractivity contribution is 7.92. The highest BCUT2D eigenvalue weighted by atomic mass is 35.5. The third kappa shape index (κ3) is 6.74. The Morgan fingerprint density at radius 1 is 0.947 bits per heavy atom. The third-order valence-corrected chi connectivity index (χ3v) is 8.53. The van der Waals surface area contributed by atoms with Crippen LogP contribution in [0.3, 0.4) is 0 Å². The molecule has 0 saturated heterocycles. The van der Waals surface area contributed by atoms with E-state index in [2.05, 4.69) is 5.32 Å². The highest BCUT2D eigenvalue weighted by Crippen LogP contribution is 2.31. The molecule has 0 aliphatic rings. The number of anilines is 1. The molecular formula is C29H34ClN3O4S. The van der Waals surface area contributed by atoms with Gasteiger partial charge >= 0.3 is 0 Å². The van der Waals surface area contributed by atoms with Crippen molar-refractivity contribution in [3.63, 3.8) is 0 Å². The standard InChI is InChI=1S/C29H34ClN3O4S/c1-6-31-29(35)23(5)32(18-24-10-7-9-21(3)17-24)28(34)19-33(27-12-8-11-26(30)22(27)4)38(36,37)25-15-13-20(2)14-16-25/h7-17,23H,6,18-19H2,1-5H3,(H,31,35). The Labute approximate surface area is 230 Å². The minimum Gasteiger partial charge on any atom is -0.355 e. The Balaban J connectivity index is 2.08. The number of halogens is 1. The Bertz CT molecular complexity index is 1410. The molecule has 0 aromatic heterocycles. The fourth-order valence-electron chi connectivity index (χ4n) is 4.13. The Morgan fingerprint density at radius 2 is 1.61 bits per heavy atom. The van der Waals surface area contributed by atoms with E-state index in [-0.39, 0.29) is 17.3 Å². The highest BCUT2D eigenvalue weighted by Gasteiger charge is 2.33. The van der Waals surface area contributed by atoms with Crippen molar-refractivity contribution in [3.8, 4) is 0 Å². The van der Waals surface area contributed by atoms with Crippen molar-refractivity contribution in [3.05, 3.63) is 94.0 Å². The van der Waals surface area contributed by atoms with Gasteiger partial charge in [-0.3, -0.25) is 13.9 Å². The second kappa shape index (κ2) is 12.5. The number of carbonyl (C=O) groups is 2. The van der Waals surface area contributed by atoms with E-state index >= 15 is 0 Å². The Morgan fingerprint density at radius 3 is 2.24 bits per heavy atom. The van der Waals surface area contributed by atoms with E-state index in [0.717, 1.165) is 21.0 Å². The SMILES string of the molecule is CCNC(=O)C(C)N(Cc1cccc(C)c1)C(=O)CN(c1cccc(Cl)c1C)S(=O)(=O)c1ccc(C)cc1. The van der Waals surface area contributed by atoms with Gasteiger partial charge in [0.05, 0.1) is 10.6 Å². The quantitative estimate of drug-likeness (QED) is 0.381. The van der Waals surface area contributed by atoms with E-state index in [0.29, 0.717) is 22.8 Å². The minimum atomic E-state index is -4.15. The van der Waals surface area contributed by atoms with Gasteiger partial charge in [0.15, 0.2) is 0 Å². The van der Waals surface area contributed by atoms with Gasteiger partial charge < -0.3 is 10.2 Å². The summed E-state index contributed by atoms with van der Waals surface area (Å²) in [6.07, 6.45) is 0. The zero-order chi connectivity index (χ0) is 28.0. The van der Waals surface area contributed by atoms with Gasteiger partial charge in [-0.2, -0.15) is 0 Å². The summed E-state index contributed by atoms with van der Waals surface area (Å²) >= 11 is 6.35. The third-order valence-electron chi connectivity index (χ3n) is 6.35. The molecule has 9 heteroatoms. The number of benzene rings is 3. The largest absolute Gasteiger partial charge is 0.355 e. The van der Waals surface area contributed by atoms with E-state index in [1.165, 1.54) is 17.0 Å². The molecule has 0 aliphatic heterocycles. The minimum absolute atomic E-state index is 0.0530. The number of aryl methyl sites for hydroxylation is 2. The lowest BCUT2D eigenvalue weighted by molar-refractivity contribution is -0.139. The molecule has 2 amide bonds. The summed E-state index contributed by atoms with van der Waals surface area (Å²) in [5.41, 5.74) is 3.58. The molecule has 0 fully saturated rings. The summed E-state index contributed by atoms with van der Waals surface area (Å²) in [4.78, 5) is 28.2. The molecular weight excluding hydrogens is 522 g/mol. The number of nitrogens with zero attached hydrogens (tertiary/aromatic N) is 2. The van der Waals surface area contributed by atoms with Gasteiger partial charge in [-0.05, 0) is 70.0 Å². The van der Waals surface area contributed by atoms with Gasteiger partial charge in [-0.25, -0.2) is 8.42 Å². The number of rotatable bonds is 10. The van der Waals surface area contributed by atoms with E-state index in [9.17, 15) is 18.0 Å². The molecule has 202 valence electrons. The fraction of sp³-hybridized carbons (Fsp3) is 0.310. The molecule has 38 heavy (non-hydrogen) atoms. The zero-order valence-corrected chi connectivity index (χ0v) is 23.9. The lowest BCUT2D eigenvalue weighted by atomic mass is 10.1. The summed E-state index contributed by atoms with van der Waals surface area (Å²) in [5.74, 6) is -0.833. The molecule has 0 aliphatic carbocycles. The van der Waals surface area contributed by atoms with E-state index in [1.807, 2.05) is 38.1 Å². The average molecular weight is 556 g/mol. The van der Waals surface area contributed by atoms with E-state index < -0.39 is 28.5 Å². The summed E-state index contributed by atoms with van der Waals surface area (Å²) in [6.45, 7) is 9.01. The topological polar surface area (TPSA) is 86.8 Å². The van der Waals surface area contributed by atoms with Crippen LogP contribution in [0, 0.1) is 20.8 Å². The first-order chi connectivity index (χ1) is 17.9. The first-order valence-corrected chi connectivity index (χ1v) is 14.2. The van der Waals surface area contributed by atoms with Gasteiger partial charge in [-0.15, -0.1) is 0 Å². The maximum absolute atomic E-state index is 13.9. The van der Waals surface area contributed by atoms with Crippen molar-refractivity contribution in [2.24, 2.45) is 0 Å². The molecule has 1 unspecified atom stereocenters. The molecule has 0 saturated carbocycles. The maximum Gasteiger partial charge on any atom is 0.264 e. The normalized spacial score (nSPS) is 12.1. The molecule has 3 aromatic carbocycles. The fourth-order valence-corrected chi connectivity index (χ4v) is 5.77. The van der Waals surface area contributed by atoms with Gasteiger partial charge in [-0.1, -0.05) is 65.2 Å². The van der Waals surface area contributed by atoms with Crippen molar-refractivity contribution in [1.29, 1.82) is 0 Å². The second-order valence-electron chi connectivity index (χ2n) is 9.29. The van der Waals surface area contributed by atoms with E-state index in [4.69, 9.17) is 11.6 Å². The number of nitrogens with one attached hydrogen (secondary N) is 1. The number of carbonyl (C=O) groups excluding carboxylic acids is 2. The number of amides is 2. The molecule has 3 rings (SSSR count). The van der Waals surface area contributed by atoms with Crippen LogP contribution in [0.4, 0.5) is 5.69 Å². The van der Waals surface area contributed by atoms with Gasteiger partial charge in [0.1, 0.15) is 12.6 Å². The summed E-state index contributed by atoms with van der Waals surface area (Å²) in [6, 6.07) is 18.2. The number of likely N-dealkylation sites (N-methyl/N-ethyl adjacent to an activating group) is 1. The summed E-state index contributed by atoms with van der Waals surface area (Å²) in [5, 5.41) is 3.14. The predicted molar refractivity (Wildman–Crippen MR) is 152 cm³/mol. The van der Waals surface area contributed by atoms with Crippen LogP contribution < -0.4 is 9.62 Å². The van der Waals surface area contributed by atoms with Gasteiger partial charge in [0, 0.05) is 18.1 Å².